The van der Waals surface area contributed by atoms with Crippen LogP contribution in [0.15, 0.2) is 53.4 Å². The molecule has 0 radical (unpaired) electrons. The molecule has 0 unspecified atom stereocenters. The molecule has 2 amide bonds. The zero-order valence-electron chi connectivity index (χ0n) is 15.2. The summed E-state index contributed by atoms with van der Waals surface area (Å²) in [5, 5.41) is 6.02. The summed E-state index contributed by atoms with van der Waals surface area (Å²) < 4.78 is 5.38. The van der Waals surface area contributed by atoms with Gasteiger partial charge in [0.15, 0.2) is 6.61 Å². The Bertz CT molecular complexity index is 728. The van der Waals surface area contributed by atoms with Crippen LogP contribution in [0.25, 0.3) is 0 Å². The molecular weight excluding hydrogens is 348 g/mol. The highest BCUT2D eigenvalue weighted by Crippen LogP contribution is 2.23. The minimum atomic E-state index is -0.165. The van der Waals surface area contributed by atoms with Crippen LogP contribution < -0.4 is 15.4 Å². The van der Waals surface area contributed by atoms with Crippen LogP contribution in [0.1, 0.15) is 31.1 Å². The molecule has 2 rings (SSSR count). The predicted octanol–water partition coefficient (Wildman–Crippen LogP) is 3.95. The van der Waals surface area contributed by atoms with E-state index in [-0.39, 0.29) is 18.4 Å². The number of thioether (sulfide) groups is 1. The molecular formula is C20H24N2O3S. The number of hydrogen-bond donors (Lipinski definition) is 2. The lowest BCUT2D eigenvalue weighted by Crippen LogP contribution is -2.28. The summed E-state index contributed by atoms with van der Waals surface area (Å²) in [6.07, 6.45) is 0. The average Bonchev–Trinajstić information content (AvgIpc) is 2.61. The van der Waals surface area contributed by atoms with Gasteiger partial charge in [-0.05, 0) is 55.5 Å². The van der Waals surface area contributed by atoms with Gasteiger partial charge in [-0.25, -0.2) is 0 Å². The first-order valence-electron chi connectivity index (χ1n) is 8.55. The largest absolute Gasteiger partial charge is 0.484 e. The van der Waals surface area contributed by atoms with E-state index in [9.17, 15) is 9.59 Å². The molecule has 0 aliphatic rings. The number of amides is 2. The van der Waals surface area contributed by atoms with E-state index >= 15 is 0 Å². The van der Waals surface area contributed by atoms with Gasteiger partial charge in [0.05, 0.1) is 0 Å². The molecule has 2 N–H and O–H groups in total. The highest BCUT2D eigenvalue weighted by Gasteiger charge is 2.07. The molecule has 0 spiro atoms. The van der Waals surface area contributed by atoms with E-state index in [1.54, 1.807) is 36.0 Å². The van der Waals surface area contributed by atoms with Crippen molar-refractivity contribution in [3.8, 4) is 5.75 Å². The Hall–Kier alpha value is -2.47. The number of ether oxygens (including phenoxy) is 1. The van der Waals surface area contributed by atoms with Gasteiger partial charge in [0.25, 0.3) is 11.8 Å². The number of carbonyl (C=O) groups is 2. The molecule has 2 aromatic rings. The summed E-state index contributed by atoms with van der Waals surface area (Å²) in [7, 11) is 0. The Kier molecular flexibility index (Phi) is 7.53. The van der Waals surface area contributed by atoms with E-state index < -0.39 is 0 Å². The van der Waals surface area contributed by atoms with E-state index in [2.05, 4.69) is 24.5 Å². The molecule has 2 aromatic carbocycles. The van der Waals surface area contributed by atoms with E-state index in [0.29, 0.717) is 28.8 Å². The van der Waals surface area contributed by atoms with Crippen LogP contribution >= 0.6 is 11.8 Å². The molecule has 0 heterocycles. The maximum Gasteiger partial charge on any atom is 0.257 e. The number of likely N-dealkylation sites (N-methyl/N-ethyl adjacent to an activating group) is 1. The first kappa shape index (κ1) is 19.8. The van der Waals surface area contributed by atoms with Gasteiger partial charge in [-0.15, -0.1) is 11.8 Å². The fourth-order valence-electron chi connectivity index (χ4n) is 2.19. The van der Waals surface area contributed by atoms with Gasteiger partial charge in [-0.3, -0.25) is 9.59 Å². The number of rotatable bonds is 8. The Morgan fingerprint density at radius 1 is 1.04 bits per heavy atom. The van der Waals surface area contributed by atoms with Crippen molar-refractivity contribution in [2.75, 3.05) is 18.5 Å². The van der Waals surface area contributed by atoms with Crippen molar-refractivity contribution in [2.24, 2.45) is 0 Å². The maximum atomic E-state index is 12.3. The van der Waals surface area contributed by atoms with Crippen molar-refractivity contribution in [2.45, 2.75) is 30.9 Å². The van der Waals surface area contributed by atoms with Crippen molar-refractivity contribution in [3.05, 3.63) is 54.1 Å². The predicted molar refractivity (Wildman–Crippen MR) is 106 cm³/mol. The maximum absolute atomic E-state index is 12.3. The molecule has 6 heteroatoms. The molecule has 0 saturated heterocycles. The highest BCUT2D eigenvalue weighted by molar-refractivity contribution is 7.99. The topological polar surface area (TPSA) is 67.4 Å². The first-order chi connectivity index (χ1) is 12.5. The minimum absolute atomic E-state index is 0.0275. The third-order valence-electron chi connectivity index (χ3n) is 3.34. The molecule has 26 heavy (non-hydrogen) atoms. The summed E-state index contributed by atoms with van der Waals surface area (Å²) in [6.45, 7) is 6.67. The second-order valence-corrected chi connectivity index (χ2v) is 7.56. The van der Waals surface area contributed by atoms with Crippen molar-refractivity contribution in [1.82, 2.24) is 5.32 Å². The van der Waals surface area contributed by atoms with Gasteiger partial charge >= 0.3 is 0 Å². The average molecular weight is 372 g/mol. The summed E-state index contributed by atoms with van der Waals surface area (Å²) >= 11 is 1.76. The van der Waals surface area contributed by atoms with Crippen LogP contribution in [0.2, 0.25) is 0 Å². The number of anilines is 1. The molecule has 0 saturated carbocycles. The van der Waals surface area contributed by atoms with Crippen LogP contribution in [0.4, 0.5) is 5.69 Å². The molecule has 0 fully saturated rings. The van der Waals surface area contributed by atoms with Crippen LogP contribution in [-0.4, -0.2) is 30.2 Å². The minimum Gasteiger partial charge on any atom is -0.484 e. The third-order valence-corrected chi connectivity index (χ3v) is 4.36. The lowest BCUT2D eigenvalue weighted by molar-refractivity contribution is -0.122. The van der Waals surface area contributed by atoms with Crippen LogP contribution in [0.5, 0.6) is 5.75 Å². The first-order valence-corrected chi connectivity index (χ1v) is 9.43. The van der Waals surface area contributed by atoms with Gasteiger partial charge in [-0.2, -0.15) is 0 Å². The lowest BCUT2D eigenvalue weighted by Gasteiger charge is -2.09. The monoisotopic (exact) mass is 372 g/mol. The fraction of sp³-hybridized carbons (Fsp3) is 0.300. The van der Waals surface area contributed by atoms with Gasteiger partial charge in [0.2, 0.25) is 0 Å². The van der Waals surface area contributed by atoms with Gasteiger partial charge < -0.3 is 15.4 Å². The quantitative estimate of drug-likeness (QED) is 0.689. The summed E-state index contributed by atoms with van der Waals surface area (Å²) in [6, 6.07) is 14.5. The number of nitrogens with one attached hydrogen (secondary N) is 2. The Balaban J connectivity index is 1.89. The zero-order valence-corrected chi connectivity index (χ0v) is 16.1. The second kappa shape index (κ2) is 9.87. The molecule has 0 aliphatic carbocycles. The number of hydrogen-bond acceptors (Lipinski definition) is 4. The van der Waals surface area contributed by atoms with Gasteiger partial charge in [0.1, 0.15) is 5.75 Å². The van der Waals surface area contributed by atoms with E-state index in [1.807, 2.05) is 31.2 Å². The van der Waals surface area contributed by atoms with Crippen LogP contribution in [0, 0.1) is 0 Å². The summed E-state index contributed by atoms with van der Waals surface area (Å²) in [5.74, 6) is 0.246. The van der Waals surface area contributed by atoms with Crippen molar-refractivity contribution in [1.29, 1.82) is 0 Å². The summed E-state index contributed by atoms with van der Waals surface area (Å²) in [5.41, 5.74) is 1.27. The smallest absolute Gasteiger partial charge is 0.257 e. The van der Waals surface area contributed by atoms with Crippen LogP contribution in [-0.2, 0) is 4.79 Å². The van der Waals surface area contributed by atoms with E-state index in [0.717, 1.165) is 4.90 Å². The standard InChI is InChI=1S/C20H24N2O3S/c1-4-21-19(23)13-25-17-9-7-16(8-10-17)22-20(24)15-5-11-18(12-6-15)26-14(2)3/h5-12,14H,4,13H2,1-3H3,(H,21,23)(H,22,24). The normalized spacial score (nSPS) is 10.5. The zero-order chi connectivity index (χ0) is 18.9. The van der Waals surface area contributed by atoms with E-state index in [4.69, 9.17) is 4.74 Å². The van der Waals surface area contributed by atoms with Crippen molar-refractivity contribution in [3.63, 3.8) is 0 Å². The molecule has 0 aliphatic heterocycles. The lowest BCUT2D eigenvalue weighted by atomic mass is 10.2. The van der Waals surface area contributed by atoms with Crippen molar-refractivity contribution < 1.29 is 14.3 Å². The fourth-order valence-corrected chi connectivity index (χ4v) is 3.03. The summed E-state index contributed by atoms with van der Waals surface area (Å²) in [4.78, 5) is 24.8. The Morgan fingerprint density at radius 3 is 2.27 bits per heavy atom. The van der Waals surface area contributed by atoms with Gasteiger partial charge in [0, 0.05) is 27.9 Å². The Labute approximate surface area is 158 Å². The molecule has 0 aromatic heterocycles. The van der Waals surface area contributed by atoms with Crippen LogP contribution in [0.3, 0.4) is 0 Å². The number of carbonyl (C=O) groups excluding carboxylic acids is 2. The molecule has 0 bridgehead atoms. The third kappa shape index (κ3) is 6.44. The molecule has 0 atom stereocenters. The molecule has 138 valence electrons. The SMILES string of the molecule is CCNC(=O)COc1ccc(NC(=O)c2ccc(SC(C)C)cc2)cc1. The van der Waals surface area contributed by atoms with E-state index in [1.165, 1.54) is 0 Å². The van der Waals surface area contributed by atoms with Gasteiger partial charge in [-0.1, -0.05) is 13.8 Å². The highest BCUT2D eigenvalue weighted by atomic mass is 32.2. The molecule has 5 nitrogen and oxygen atoms in total. The van der Waals surface area contributed by atoms with Crippen molar-refractivity contribution >= 4 is 29.3 Å². The Morgan fingerprint density at radius 2 is 1.69 bits per heavy atom. The second-order valence-electron chi connectivity index (χ2n) is 5.91. The number of benzene rings is 2.